The van der Waals surface area contributed by atoms with Crippen LogP contribution in [-0.4, -0.2) is 32.2 Å². The molecule has 0 aliphatic heterocycles. The van der Waals surface area contributed by atoms with Gasteiger partial charge in [-0.05, 0) is 48.2 Å². The summed E-state index contributed by atoms with van der Waals surface area (Å²) in [6.07, 6.45) is 0.707. The third kappa shape index (κ3) is 5.32. The normalized spacial score (nSPS) is 10.5. The second kappa shape index (κ2) is 10.6. The van der Waals surface area contributed by atoms with Crippen LogP contribution in [0.15, 0.2) is 54.6 Å². The van der Waals surface area contributed by atoms with Crippen molar-refractivity contribution in [3.05, 3.63) is 76.9 Å². The van der Waals surface area contributed by atoms with Gasteiger partial charge in [0.25, 0.3) is 0 Å². The molecule has 6 heteroatoms. The summed E-state index contributed by atoms with van der Waals surface area (Å²) in [4.78, 5) is 12.8. The second-order valence-electron chi connectivity index (χ2n) is 7.35. The molecule has 0 aromatic heterocycles. The Hall–Kier alpha value is -3.67. The molecule has 3 aromatic carbocycles. The molecular weight excluding hydrogens is 408 g/mol. The largest absolute Gasteiger partial charge is 0.507 e. The zero-order chi connectivity index (χ0) is 23.1. The Labute approximate surface area is 188 Å². The fraction of sp³-hybridized carbons (Fsp3) is 0.269. The smallest absolute Gasteiger partial charge is 0.167 e. The van der Waals surface area contributed by atoms with E-state index in [-0.39, 0.29) is 23.5 Å². The van der Waals surface area contributed by atoms with Gasteiger partial charge < -0.3 is 24.1 Å². The van der Waals surface area contributed by atoms with E-state index in [0.717, 1.165) is 16.7 Å². The maximum Gasteiger partial charge on any atom is 0.167 e. The molecule has 0 bridgehead atoms. The minimum Gasteiger partial charge on any atom is -0.507 e. The highest BCUT2D eigenvalue weighted by Gasteiger charge is 2.18. The van der Waals surface area contributed by atoms with Crippen molar-refractivity contribution in [3.8, 4) is 28.7 Å². The average Bonchev–Trinajstić information content (AvgIpc) is 2.82. The first-order valence-electron chi connectivity index (χ1n) is 10.3. The highest BCUT2D eigenvalue weighted by Crippen LogP contribution is 2.35. The Morgan fingerprint density at radius 2 is 1.47 bits per heavy atom. The number of rotatable bonds is 10. The van der Waals surface area contributed by atoms with E-state index in [1.807, 2.05) is 49.4 Å². The van der Waals surface area contributed by atoms with Gasteiger partial charge in [-0.1, -0.05) is 30.3 Å². The lowest BCUT2D eigenvalue weighted by molar-refractivity contribution is 0.0979. The molecule has 0 radical (unpaired) electrons. The number of aromatic hydroxyl groups is 1. The van der Waals surface area contributed by atoms with Crippen molar-refractivity contribution in [2.24, 2.45) is 0 Å². The van der Waals surface area contributed by atoms with Crippen LogP contribution in [0.5, 0.6) is 28.7 Å². The fourth-order valence-corrected chi connectivity index (χ4v) is 3.46. The van der Waals surface area contributed by atoms with Crippen LogP contribution >= 0.6 is 0 Å². The Bertz CT molecular complexity index is 1080. The Morgan fingerprint density at radius 3 is 2.12 bits per heavy atom. The topological polar surface area (TPSA) is 74.2 Å². The average molecular weight is 437 g/mol. The molecule has 0 heterocycles. The zero-order valence-electron chi connectivity index (χ0n) is 18.8. The summed E-state index contributed by atoms with van der Waals surface area (Å²) >= 11 is 0. The van der Waals surface area contributed by atoms with Gasteiger partial charge in [-0.3, -0.25) is 4.79 Å². The van der Waals surface area contributed by atoms with Crippen molar-refractivity contribution >= 4 is 5.78 Å². The summed E-state index contributed by atoms with van der Waals surface area (Å²) in [5.41, 5.74) is 3.23. The van der Waals surface area contributed by atoms with E-state index >= 15 is 0 Å². The van der Waals surface area contributed by atoms with Gasteiger partial charge in [-0.2, -0.15) is 0 Å². The molecular formula is C26H28O6. The lowest BCUT2D eigenvalue weighted by atomic mass is 9.98. The van der Waals surface area contributed by atoms with Crippen molar-refractivity contribution in [2.45, 2.75) is 26.4 Å². The van der Waals surface area contributed by atoms with E-state index in [2.05, 4.69) is 0 Å². The molecule has 6 nitrogen and oxygen atoms in total. The highest BCUT2D eigenvalue weighted by molar-refractivity contribution is 5.99. The fourth-order valence-electron chi connectivity index (χ4n) is 3.46. The number of hydrogen-bond donors (Lipinski definition) is 1. The second-order valence-corrected chi connectivity index (χ2v) is 7.35. The van der Waals surface area contributed by atoms with E-state index in [4.69, 9.17) is 18.9 Å². The van der Waals surface area contributed by atoms with E-state index in [0.29, 0.717) is 36.0 Å². The minimum atomic E-state index is -0.189. The number of aryl methyl sites for hydroxylation is 2. The van der Waals surface area contributed by atoms with E-state index < -0.39 is 0 Å². The molecule has 0 atom stereocenters. The molecule has 0 aliphatic carbocycles. The van der Waals surface area contributed by atoms with Gasteiger partial charge in [-0.25, -0.2) is 0 Å². The van der Waals surface area contributed by atoms with Crippen molar-refractivity contribution in [1.29, 1.82) is 0 Å². The molecule has 0 aliphatic rings. The Morgan fingerprint density at radius 1 is 0.844 bits per heavy atom. The van der Waals surface area contributed by atoms with Gasteiger partial charge >= 0.3 is 0 Å². The molecule has 0 unspecified atom stereocenters. The number of hydrogen-bond acceptors (Lipinski definition) is 6. The molecule has 32 heavy (non-hydrogen) atoms. The highest BCUT2D eigenvalue weighted by atomic mass is 16.5. The minimum absolute atomic E-state index is 0.133. The number of methoxy groups -OCH3 is 3. The SMILES string of the molecule is COc1cc(O)c(C(=O)CCc2cc(OCc3ccccc3)c(OC)cc2C)cc1OC. The van der Waals surface area contributed by atoms with Crippen LogP contribution in [0.1, 0.15) is 33.5 Å². The van der Waals surface area contributed by atoms with Crippen molar-refractivity contribution in [2.75, 3.05) is 21.3 Å². The summed E-state index contributed by atoms with van der Waals surface area (Å²) in [6.45, 7) is 2.38. The molecule has 168 valence electrons. The first-order chi connectivity index (χ1) is 15.5. The lowest BCUT2D eigenvalue weighted by Gasteiger charge is -2.15. The monoisotopic (exact) mass is 436 g/mol. The number of benzene rings is 3. The molecule has 0 saturated carbocycles. The summed E-state index contributed by atoms with van der Waals surface area (Å²) in [5.74, 6) is 1.71. The third-order valence-electron chi connectivity index (χ3n) is 5.28. The molecule has 0 fully saturated rings. The standard InChI is InChI=1S/C26H28O6/c1-17-12-23(29-2)26(32-16-18-8-6-5-7-9-18)13-19(17)10-11-21(27)20-14-24(30-3)25(31-4)15-22(20)28/h5-9,12-15,28H,10-11,16H2,1-4H3. The third-order valence-corrected chi connectivity index (χ3v) is 5.28. The summed E-state index contributed by atoms with van der Waals surface area (Å²) in [5, 5.41) is 10.3. The Balaban J connectivity index is 1.76. The van der Waals surface area contributed by atoms with Crippen LogP contribution in [0.3, 0.4) is 0 Å². The number of ketones is 1. The predicted molar refractivity (Wildman–Crippen MR) is 122 cm³/mol. The van der Waals surface area contributed by atoms with Crippen LogP contribution in [-0.2, 0) is 13.0 Å². The molecule has 3 aromatic rings. The Kier molecular flexibility index (Phi) is 7.60. The quantitative estimate of drug-likeness (QED) is 0.445. The number of carbonyl (C=O) groups is 1. The molecule has 3 rings (SSSR count). The van der Waals surface area contributed by atoms with Gasteiger partial charge in [0.15, 0.2) is 28.8 Å². The van der Waals surface area contributed by atoms with Crippen LogP contribution in [0.25, 0.3) is 0 Å². The molecule has 0 spiro atoms. The van der Waals surface area contributed by atoms with Crippen LogP contribution in [0.2, 0.25) is 0 Å². The van der Waals surface area contributed by atoms with E-state index in [1.54, 1.807) is 7.11 Å². The van der Waals surface area contributed by atoms with E-state index in [9.17, 15) is 9.90 Å². The number of Topliss-reactive ketones (excluding diaryl/α,β-unsaturated/α-hetero) is 1. The van der Waals surface area contributed by atoms with Gasteiger partial charge in [0.05, 0.1) is 26.9 Å². The van der Waals surface area contributed by atoms with Crippen molar-refractivity contribution in [3.63, 3.8) is 0 Å². The summed E-state index contributed by atoms with van der Waals surface area (Å²) < 4.78 is 21.9. The first kappa shape index (κ1) is 23.0. The molecule has 0 saturated heterocycles. The van der Waals surface area contributed by atoms with Gasteiger partial charge in [-0.15, -0.1) is 0 Å². The summed E-state index contributed by atoms with van der Waals surface area (Å²) in [7, 11) is 4.57. The maximum atomic E-state index is 12.8. The number of carbonyl (C=O) groups excluding carboxylic acids is 1. The molecule has 0 amide bonds. The van der Waals surface area contributed by atoms with Gasteiger partial charge in [0.1, 0.15) is 12.4 Å². The van der Waals surface area contributed by atoms with Gasteiger partial charge in [0, 0.05) is 12.5 Å². The van der Waals surface area contributed by atoms with Crippen LogP contribution in [0, 0.1) is 6.92 Å². The maximum absolute atomic E-state index is 12.8. The molecule has 1 N–H and O–H groups in total. The van der Waals surface area contributed by atoms with Crippen LogP contribution in [0.4, 0.5) is 0 Å². The number of phenols is 1. The summed E-state index contributed by atoms with van der Waals surface area (Å²) in [6, 6.07) is 16.6. The predicted octanol–water partition coefficient (Wildman–Crippen LogP) is 5.12. The van der Waals surface area contributed by atoms with Gasteiger partial charge in [0.2, 0.25) is 0 Å². The van der Waals surface area contributed by atoms with Crippen molar-refractivity contribution in [1.82, 2.24) is 0 Å². The van der Waals surface area contributed by atoms with Crippen LogP contribution < -0.4 is 18.9 Å². The lowest BCUT2D eigenvalue weighted by Crippen LogP contribution is -2.05. The van der Waals surface area contributed by atoms with Crippen molar-refractivity contribution < 1.29 is 28.8 Å². The zero-order valence-corrected chi connectivity index (χ0v) is 18.8. The number of ether oxygens (including phenoxy) is 4. The first-order valence-corrected chi connectivity index (χ1v) is 10.3. The van der Waals surface area contributed by atoms with E-state index in [1.165, 1.54) is 26.4 Å². The number of phenolic OH excluding ortho intramolecular Hbond substituents is 1.